The molecular weight excluding hydrogens is 241 g/mol. The molecule has 1 saturated heterocycles. The third kappa shape index (κ3) is 2.50. The minimum Gasteiger partial charge on any atom is -0.453 e. The van der Waals surface area contributed by atoms with Crippen LogP contribution in [-0.4, -0.2) is 42.3 Å². The predicted molar refractivity (Wildman–Crippen MR) is 60.5 cm³/mol. The zero-order chi connectivity index (χ0) is 13.1. The summed E-state index contributed by atoms with van der Waals surface area (Å²) in [5, 5.41) is 9.02. The maximum atomic E-state index is 13.7. The van der Waals surface area contributed by atoms with Gasteiger partial charge in [0.25, 0.3) is 0 Å². The third-order valence-corrected chi connectivity index (χ3v) is 2.76. The first-order valence-electron chi connectivity index (χ1n) is 5.55. The van der Waals surface area contributed by atoms with Crippen molar-refractivity contribution in [1.29, 1.82) is 0 Å². The van der Waals surface area contributed by atoms with E-state index in [4.69, 9.17) is 20.3 Å². The van der Waals surface area contributed by atoms with E-state index < -0.39 is 37.2 Å². The minimum atomic E-state index is -1.64. The maximum Gasteiger partial charge on any atom is 0.338 e. The summed E-state index contributed by atoms with van der Waals surface area (Å²) in [4.78, 5) is 11.7. The molecule has 1 unspecified atom stereocenters. The molecule has 0 bridgehead atoms. The topological polar surface area (TPSA) is 81.8 Å². The van der Waals surface area contributed by atoms with Crippen LogP contribution in [0.5, 0.6) is 0 Å². The SMILES string of the molecule is NC1O[C@H](CO)[C@@H](OC(=O)c2ccccc2)[C@H]1F. The number of halogens is 1. The maximum absolute atomic E-state index is 13.7. The number of ether oxygens (including phenoxy) is 2. The second-order valence-electron chi connectivity index (χ2n) is 4.00. The van der Waals surface area contributed by atoms with Crippen LogP contribution in [0.4, 0.5) is 4.39 Å². The first kappa shape index (κ1) is 12.9. The smallest absolute Gasteiger partial charge is 0.338 e. The van der Waals surface area contributed by atoms with Gasteiger partial charge >= 0.3 is 5.97 Å². The van der Waals surface area contributed by atoms with Crippen LogP contribution >= 0.6 is 0 Å². The summed E-state index contributed by atoms with van der Waals surface area (Å²) in [6, 6.07) is 8.20. The fraction of sp³-hybridized carbons (Fsp3) is 0.417. The number of aliphatic hydroxyl groups excluding tert-OH is 1. The van der Waals surface area contributed by atoms with Crippen LogP contribution in [0.2, 0.25) is 0 Å². The van der Waals surface area contributed by atoms with Gasteiger partial charge in [0, 0.05) is 0 Å². The summed E-state index contributed by atoms with van der Waals surface area (Å²) < 4.78 is 23.6. The second kappa shape index (κ2) is 5.43. The number of hydrogen-bond acceptors (Lipinski definition) is 5. The molecule has 18 heavy (non-hydrogen) atoms. The molecular formula is C12H14FNO4. The number of benzene rings is 1. The highest BCUT2D eigenvalue weighted by Gasteiger charge is 2.45. The molecule has 0 aromatic heterocycles. The highest BCUT2D eigenvalue weighted by Crippen LogP contribution is 2.24. The van der Waals surface area contributed by atoms with E-state index in [1.54, 1.807) is 30.3 Å². The Labute approximate surface area is 103 Å². The van der Waals surface area contributed by atoms with Crippen molar-refractivity contribution in [1.82, 2.24) is 0 Å². The molecule has 0 spiro atoms. The number of aliphatic hydroxyl groups is 1. The quantitative estimate of drug-likeness (QED) is 0.755. The lowest BCUT2D eigenvalue weighted by Gasteiger charge is -2.17. The monoisotopic (exact) mass is 255 g/mol. The van der Waals surface area contributed by atoms with Gasteiger partial charge in [-0.1, -0.05) is 18.2 Å². The molecule has 1 aromatic carbocycles. The average Bonchev–Trinajstić information content (AvgIpc) is 2.67. The van der Waals surface area contributed by atoms with Crippen molar-refractivity contribution in [2.75, 3.05) is 6.61 Å². The molecule has 1 fully saturated rings. The molecule has 3 N–H and O–H groups in total. The molecule has 0 saturated carbocycles. The van der Waals surface area contributed by atoms with Gasteiger partial charge in [-0.25, -0.2) is 9.18 Å². The Morgan fingerprint density at radius 3 is 2.72 bits per heavy atom. The molecule has 98 valence electrons. The van der Waals surface area contributed by atoms with E-state index in [0.717, 1.165) is 0 Å². The van der Waals surface area contributed by atoms with Gasteiger partial charge in [0.2, 0.25) is 0 Å². The Morgan fingerprint density at radius 1 is 1.44 bits per heavy atom. The molecule has 2 rings (SSSR count). The highest BCUT2D eigenvalue weighted by molar-refractivity contribution is 5.89. The standard InChI is InChI=1S/C12H14FNO4/c13-9-10(8(6-15)17-11(9)14)18-12(16)7-4-2-1-3-5-7/h1-5,8-11,15H,6,14H2/t8-,9-,10-,11?/m1/s1. The van der Waals surface area contributed by atoms with E-state index >= 15 is 0 Å². The number of hydrogen-bond donors (Lipinski definition) is 2. The summed E-state index contributed by atoms with van der Waals surface area (Å²) >= 11 is 0. The fourth-order valence-electron chi connectivity index (χ4n) is 1.80. The lowest BCUT2D eigenvalue weighted by atomic mass is 10.1. The molecule has 1 aliphatic heterocycles. The molecule has 1 heterocycles. The Morgan fingerprint density at radius 2 is 2.11 bits per heavy atom. The van der Waals surface area contributed by atoms with Gasteiger partial charge in [-0.15, -0.1) is 0 Å². The largest absolute Gasteiger partial charge is 0.453 e. The van der Waals surface area contributed by atoms with Crippen LogP contribution in [0.1, 0.15) is 10.4 Å². The molecule has 5 nitrogen and oxygen atoms in total. The highest BCUT2D eigenvalue weighted by atomic mass is 19.1. The van der Waals surface area contributed by atoms with Gasteiger partial charge < -0.3 is 20.3 Å². The Kier molecular flexibility index (Phi) is 3.90. The molecule has 6 heteroatoms. The molecule has 0 amide bonds. The van der Waals surface area contributed by atoms with Gasteiger partial charge in [0.05, 0.1) is 12.2 Å². The van der Waals surface area contributed by atoms with E-state index in [2.05, 4.69) is 0 Å². The molecule has 0 aliphatic carbocycles. The Hall–Kier alpha value is -1.50. The lowest BCUT2D eigenvalue weighted by molar-refractivity contribution is -0.0338. The summed E-state index contributed by atoms with van der Waals surface area (Å²) in [5.41, 5.74) is 5.66. The Bertz CT molecular complexity index is 414. The summed E-state index contributed by atoms with van der Waals surface area (Å²) in [6.07, 6.45) is -4.94. The summed E-state index contributed by atoms with van der Waals surface area (Å²) in [7, 11) is 0. The zero-order valence-electron chi connectivity index (χ0n) is 9.53. The number of alkyl halides is 1. The van der Waals surface area contributed by atoms with Crippen LogP contribution in [0, 0.1) is 0 Å². The summed E-state index contributed by atoms with van der Waals surface area (Å²) in [6.45, 7) is -0.457. The number of carbonyl (C=O) groups is 1. The minimum absolute atomic E-state index is 0.307. The van der Waals surface area contributed by atoms with Gasteiger partial charge in [-0.05, 0) is 12.1 Å². The Balaban J connectivity index is 2.06. The van der Waals surface area contributed by atoms with Gasteiger partial charge in [0.15, 0.2) is 12.3 Å². The van der Waals surface area contributed by atoms with Crippen LogP contribution in [0.15, 0.2) is 30.3 Å². The van der Waals surface area contributed by atoms with Crippen LogP contribution < -0.4 is 5.73 Å². The fourth-order valence-corrected chi connectivity index (χ4v) is 1.80. The number of rotatable bonds is 3. The first-order chi connectivity index (χ1) is 8.63. The number of carbonyl (C=O) groups excluding carboxylic acids is 1. The number of nitrogens with two attached hydrogens (primary N) is 1. The van der Waals surface area contributed by atoms with E-state index in [1.807, 2.05) is 0 Å². The predicted octanol–water partition coefficient (Wildman–Crippen LogP) is 0.226. The van der Waals surface area contributed by atoms with E-state index in [-0.39, 0.29) is 0 Å². The first-order valence-corrected chi connectivity index (χ1v) is 5.55. The van der Waals surface area contributed by atoms with Crippen LogP contribution in [0.3, 0.4) is 0 Å². The van der Waals surface area contributed by atoms with Crippen molar-refractivity contribution < 1.29 is 23.8 Å². The molecule has 0 radical (unpaired) electrons. The molecule has 1 aliphatic rings. The second-order valence-corrected chi connectivity index (χ2v) is 4.00. The van der Waals surface area contributed by atoms with Crippen molar-refractivity contribution >= 4 is 5.97 Å². The van der Waals surface area contributed by atoms with Gasteiger partial charge in [0.1, 0.15) is 12.3 Å². The van der Waals surface area contributed by atoms with Crippen LogP contribution in [-0.2, 0) is 9.47 Å². The lowest BCUT2D eigenvalue weighted by Crippen LogP contribution is -2.37. The van der Waals surface area contributed by atoms with E-state index in [1.165, 1.54) is 0 Å². The molecule has 1 aromatic rings. The van der Waals surface area contributed by atoms with Crippen molar-refractivity contribution in [2.24, 2.45) is 5.73 Å². The van der Waals surface area contributed by atoms with E-state index in [9.17, 15) is 9.18 Å². The summed E-state index contributed by atoms with van der Waals surface area (Å²) in [5.74, 6) is -0.667. The van der Waals surface area contributed by atoms with Gasteiger partial charge in [-0.2, -0.15) is 0 Å². The third-order valence-electron chi connectivity index (χ3n) is 2.76. The normalized spacial score (nSPS) is 31.3. The van der Waals surface area contributed by atoms with Crippen molar-refractivity contribution in [3.8, 4) is 0 Å². The molecule has 4 atom stereocenters. The number of esters is 1. The van der Waals surface area contributed by atoms with Gasteiger partial charge in [-0.3, -0.25) is 0 Å². The van der Waals surface area contributed by atoms with E-state index in [0.29, 0.717) is 5.56 Å². The van der Waals surface area contributed by atoms with Crippen molar-refractivity contribution in [2.45, 2.75) is 24.6 Å². The van der Waals surface area contributed by atoms with Crippen molar-refractivity contribution in [3.05, 3.63) is 35.9 Å². The average molecular weight is 255 g/mol. The zero-order valence-corrected chi connectivity index (χ0v) is 9.53. The van der Waals surface area contributed by atoms with Crippen molar-refractivity contribution in [3.63, 3.8) is 0 Å². The van der Waals surface area contributed by atoms with Crippen LogP contribution in [0.25, 0.3) is 0 Å².